The third-order valence-electron chi connectivity index (χ3n) is 4.31. The molecule has 0 amide bonds. The molecule has 0 N–H and O–H groups in total. The molecule has 0 bridgehead atoms. The number of methoxy groups -OCH3 is 1. The minimum absolute atomic E-state index is 0.264. The van der Waals surface area contributed by atoms with E-state index in [1.54, 1.807) is 13.4 Å². The van der Waals surface area contributed by atoms with Crippen LogP contribution in [-0.4, -0.2) is 45.9 Å². The lowest BCUT2D eigenvalue weighted by molar-refractivity contribution is 0.0495. The number of hydrogen-bond donors (Lipinski definition) is 0. The second-order valence-electron chi connectivity index (χ2n) is 5.81. The fourth-order valence-electron chi connectivity index (χ4n) is 3.00. The maximum absolute atomic E-state index is 5.62. The summed E-state index contributed by atoms with van der Waals surface area (Å²) >= 11 is 0. The van der Waals surface area contributed by atoms with E-state index in [0.717, 1.165) is 43.9 Å². The van der Waals surface area contributed by atoms with Crippen LogP contribution in [0, 0.1) is 5.92 Å². The van der Waals surface area contributed by atoms with Crippen LogP contribution < -0.4 is 4.90 Å². The van der Waals surface area contributed by atoms with Gasteiger partial charge in [0.25, 0.3) is 5.78 Å². The van der Waals surface area contributed by atoms with E-state index in [0.29, 0.717) is 11.7 Å². The Labute approximate surface area is 125 Å². The molecular formula is C15H23N5O. The molecule has 0 radical (unpaired) electrons. The Morgan fingerprint density at radius 3 is 3.05 bits per heavy atom. The van der Waals surface area contributed by atoms with Gasteiger partial charge in [-0.25, -0.2) is 4.98 Å². The van der Waals surface area contributed by atoms with Gasteiger partial charge in [0.2, 0.25) is 0 Å². The van der Waals surface area contributed by atoms with Crippen LogP contribution in [0.5, 0.6) is 0 Å². The summed E-state index contributed by atoms with van der Waals surface area (Å²) in [5.41, 5.74) is 1.08. The van der Waals surface area contributed by atoms with Gasteiger partial charge in [-0.05, 0) is 18.8 Å². The molecule has 1 aliphatic rings. The molecule has 1 saturated heterocycles. The van der Waals surface area contributed by atoms with Gasteiger partial charge in [0, 0.05) is 32.0 Å². The van der Waals surface area contributed by atoms with Gasteiger partial charge in [-0.3, -0.25) is 0 Å². The normalized spacial score (nSPS) is 22.9. The Bertz CT molecular complexity index is 611. The lowest BCUT2D eigenvalue weighted by Gasteiger charge is -2.37. The molecule has 3 heterocycles. The summed E-state index contributed by atoms with van der Waals surface area (Å²) < 4.78 is 7.46. The Morgan fingerprint density at radius 1 is 1.43 bits per heavy atom. The summed E-state index contributed by atoms with van der Waals surface area (Å²) in [5.74, 6) is 2.35. The largest absolute Gasteiger partial charge is 0.379 e. The van der Waals surface area contributed by atoms with E-state index in [9.17, 15) is 0 Å². The van der Waals surface area contributed by atoms with Crippen molar-refractivity contribution in [2.24, 2.45) is 5.92 Å². The van der Waals surface area contributed by atoms with E-state index in [1.807, 2.05) is 4.52 Å². The fraction of sp³-hybridized carbons (Fsp3) is 0.667. The van der Waals surface area contributed by atoms with Crippen LogP contribution in [0.3, 0.4) is 0 Å². The van der Waals surface area contributed by atoms with Crippen molar-refractivity contribution in [3.8, 4) is 0 Å². The second kappa shape index (κ2) is 5.97. The highest BCUT2D eigenvalue weighted by atomic mass is 16.5. The van der Waals surface area contributed by atoms with Gasteiger partial charge in [0.15, 0.2) is 0 Å². The molecule has 1 aliphatic heterocycles. The van der Waals surface area contributed by atoms with Crippen molar-refractivity contribution in [1.29, 1.82) is 0 Å². The highest BCUT2D eigenvalue weighted by Crippen LogP contribution is 2.25. The molecule has 114 valence electrons. The maximum Gasteiger partial charge on any atom is 0.254 e. The standard InChI is InChI=1S/C15H23N5O/c1-4-5-12-8-14(20-15(18-12)16-10-17-20)19-7-6-11(2)13(9-19)21-3/h8,10-11,13H,4-7,9H2,1-3H3. The molecule has 3 rings (SSSR count). The van der Waals surface area contributed by atoms with Gasteiger partial charge in [0.05, 0.1) is 6.10 Å². The number of nitrogens with zero attached hydrogens (tertiary/aromatic N) is 5. The number of hydrogen-bond acceptors (Lipinski definition) is 5. The van der Waals surface area contributed by atoms with E-state index in [-0.39, 0.29) is 6.10 Å². The van der Waals surface area contributed by atoms with Gasteiger partial charge in [-0.1, -0.05) is 20.3 Å². The predicted octanol–water partition coefficient (Wildman–Crippen LogP) is 1.94. The predicted molar refractivity (Wildman–Crippen MR) is 81.6 cm³/mol. The first kappa shape index (κ1) is 14.3. The van der Waals surface area contributed by atoms with Crippen molar-refractivity contribution < 1.29 is 4.74 Å². The summed E-state index contributed by atoms with van der Waals surface area (Å²) in [6.07, 6.45) is 5.00. The number of rotatable bonds is 4. The minimum Gasteiger partial charge on any atom is -0.379 e. The molecule has 6 nitrogen and oxygen atoms in total. The van der Waals surface area contributed by atoms with Crippen molar-refractivity contribution in [2.45, 2.75) is 39.2 Å². The zero-order valence-electron chi connectivity index (χ0n) is 13.0. The highest BCUT2D eigenvalue weighted by molar-refractivity contribution is 5.48. The number of anilines is 1. The van der Waals surface area contributed by atoms with Gasteiger partial charge < -0.3 is 9.64 Å². The summed E-state index contributed by atoms with van der Waals surface area (Å²) in [5, 5.41) is 4.33. The summed E-state index contributed by atoms with van der Waals surface area (Å²) in [7, 11) is 1.80. The topological polar surface area (TPSA) is 55.6 Å². The fourth-order valence-corrected chi connectivity index (χ4v) is 3.00. The van der Waals surface area contributed by atoms with Crippen LogP contribution in [0.4, 0.5) is 5.82 Å². The van der Waals surface area contributed by atoms with Crippen LogP contribution in [0.15, 0.2) is 12.4 Å². The van der Waals surface area contributed by atoms with Crippen LogP contribution in [0.25, 0.3) is 5.78 Å². The number of aromatic nitrogens is 4. The van der Waals surface area contributed by atoms with E-state index in [4.69, 9.17) is 4.74 Å². The first-order valence-electron chi connectivity index (χ1n) is 7.70. The summed E-state index contributed by atoms with van der Waals surface area (Å²) in [4.78, 5) is 11.2. The molecule has 1 fully saturated rings. The Hall–Kier alpha value is -1.69. The van der Waals surface area contributed by atoms with Crippen LogP contribution >= 0.6 is 0 Å². The average molecular weight is 289 g/mol. The minimum atomic E-state index is 0.264. The average Bonchev–Trinajstić information content (AvgIpc) is 2.96. The Kier molecular flexibility index (Phi) is 4.05. The maximum atomic E-state index is 5.62. The van der Waals surface area contributed by atoms with E-state index in [2.05, 4.69) is 39.9 Å². The van der Waals surface area contributed by atoms with E-state index >= 15 is 0 Å². The number of aryl methyl sites for hydroxylation is 1. The van der Waals surface area contributed by atoms with Gasteiger partial charge in [-0.2, -0.15) is 14.6 Å². The zero-order chi connectivity index (χ0) is 14.8. The number of piperidine rings is 1. The molecule has 2 unspecified atom stereocenters. The van der Waals surface area contributed by atoms with Crippen LogP contribution in [0.1, 0.15) is 32.4 Å². The molecule has 0 saturated carbocycles. The Morgan fingerprint density at radius 2 is 2.29 bits per heavy atom. The van der Waals surface area contributed by atoms with Crippen molar-refractivity contribution in [3.63, 3.8) is 0 Å². The zero-order valence-corrected chi connectivity index (χ0v) is 13.0. The van der Waals surface area contributed by atoms with Gasteiger partial charge in [0.1, 0.15) is 12.1 Å². The molecule has 2 aromatic rings. The SMILES string of the molecule is CCCc1cc(N2CCC(C)C(OC)C2)n2ncnc2n1. The molecule has 2 aromatic heterocycles. The molecule has 2 atom stereocenters. The second-order valence-corrected chi connectivity index (χ2v) is 5.81. The van der Waals surface area contributed by atoms with Crippen molar-refractivity contribution in [3.05, 3.63) is 18.1 Å². The molecule has 21 heavy (non-hydrogen) atoms. The smallest absolute Gasteiger partial charge is 0.254 e. The number of fused-ring (bicyclic) bond motifs is 1. The van der Waals surface area contributed by atoms with Crippen LogP contribution in [-0.2, 0) is 11.2 Å². The lowest BCUT2D eigenvalue weighted by Crippen LogP contribution is -2.44. The van der Waals surface area contributed by atoms with Crippen molar-refractivity contribution in [1.82, 2.24) is 19.6 Å². The van der Waals surface area contributed by atoms with Crippen molar-refractivity contribution >= 4 is 11.6 Å². The number of ether oxygens (including phenoxy) is 1. The van der Waals surface area contributed by atoms with Gasteiger partial charge >= 0.3 is 0 Å². The Balaban J connectivity index is 1.96. The van der Waals surface area contributed by atoms with Crippen LogP contribution in [0.2, 0.25) is 0 Å². The van der Waals surface area contributed by atoms with E-state index < -0.39 is 0 Å². The lowest BCUT2D eigenvalue weighted by atomic mass is 9.96. The highest BCUT2D eigenvalue weighted by Gasteiger charge is 2.27. The monoisotopic (exact) mass is 289 g/mol. The molecule has 0 aromatic carbocycles. The third kappa shape index (κ3) is 2.72. The third-order valence-corrected chi connectivity index (χ3v) is 4.31. The first-order chi connectivity index (χ1) is 10.2. The van der Waals surface area contributed by atoms with E-state index in [1.165, 1.54) is 0 Å². The van der Waals surface area contributed by atoms with Crippen molar-refractivity contribution in [2.75, 3.05) is 25.1 Å². The first-order valence-corrected chi connectivity index (χ1v) is 7.70. The summed E-state index contributed by atoms with van der Waals surface area (Å²) in [6.45, 7) is 6.33. The molecule has 6 heteroatoms. The summed E-state index contributed by atoms with van der Waals surface area (Å²) in [6, 6.07) is 2.15. The molecular weight excluding hydrogens is 266 g/mol. The van der Waals surface area contributed by atoms with Gasteiger partial charge in [-0.15, -0.1) is 0 Å². The quantitative estimate of drug-likeness (QED) is 0.861. The molecule has 0 spiro atoms. The molecule has 0 aliphatic carbocycles.